The minimum Gasteiger partial charge on any atom is -0.325 e. The van der Waals surface area contributed by atoms with Gasteiger partial charge in [0.25, 0.3) is 0 Å². The molecule has 0 aliphatic rings. The van der Waals surface area contributed by atoms with Gasteiger partial charge < -0.3 is 8.97 Å². The Hall–Kier alpha value is -2.74. The normalized spacial score (nSPS) is 16.1. The summed E-state index contributed by atoms with van der Waals surface area (Å²) in [5, 5.41) is -19.2. The van der Waals surface area contributed by atoms with E-state index in [-0.39, 0.29) is 0 Å². The number of hydrogen-bond donors (Lipinski definition) is 0. The summed E-state index contributed by atoms with van der Waals surface area (Å²) in [5.74, 6) is -125. The molecule has 0 radical (unpaired) electrons. The van der Waals surface area contributed by atoms with Crippen molar-refractivity contribution in [1.29, 1.82) is 0 Å². The fourth-order valence-corrected chi connectivity index (χ4v) is 8.21. The Morgan fingerprint density at radius 2 is 0.346 bits per heavy atom. The fourth-order valence-electron chi connectivity index (χ4n) is 5.70. The van der Waals surface area contributed by atoms with Gasteiger partial charge in [-0.25, -0.2) is 0 Å². The van der Waals surface area contributed by atoms with E-state index in [1.165, 1.54) is 61.3 Å². The Bertz CT molecular complexity index is 2140. The van der Waals surface area contributed by atoms with Crippen LogP contribution in [-0.4, -0.2) is 178 Å². The van der Waals surface area contributed by atoms with E-state index in [0.717, 1.165) is 3.63 Å². The van der Waals surface area contributed by atoms with Crippen LogP contribution in [0, 0.1) is 0 Å². The van der Waals surface area contributed by atoms with Gasteiger partial charge in [-0.1, -0.05) is 0 Å². The van der Waals surface area contributed by atoms with Crippen molar-refractivity contribution in [3.8, 4) is 0 Å². The van der Waals surface area contributed by atoms with Gasteiger partial charge in [0.05, 0.1) is 52.4 Å². The summed E-state index contributed by atoms with van der Waals surface area (Å²) in [6.45, 7) is 28.4. The minimum absolute atomic E-state index is 0.928. The SMILES string of the molecule is CC[N+](CC)(CC)CC.CC[N+](CC)(CC)CC.O=S(=O)(OS(=O)(=O)C(F)(F)C(F)(F)C(F)(F)C(F)(F)C(F)(F)C(F)(F)C(F)(F)C(F)(F)C(F)(F)F)C(F)(F)C(F)(F)C(F)(F)C(F)(F)C(F)(F)C(F)(F)C(F)(F)C(F)(F)F. The molecule has 0 unspecified atom stereocenters. The van der Waals surface area contributed by atoms with Crippen LogP contribution in [0.3, 0.4) is 0 Å². The maximum atomic E-state index is 14.0. The first-order valence-electron chi connectivity index (χ1n) is 20.1. The van der Waals surface area contributed by atoms with E-state index in [1.54, 1.807) is 0 Å². The largest absolute Gasteiger partial charge is 0.460 e. The molecule has 0 aromatic rings. The van der Waals surface area contributed by atoms with Crippen molar-refractivity contribution in [2.24, 2.45) is 0 Å². The lowest BCUT2D eigenvalue weighted by Gasteiger charge is -2.43. The lowest BCUT2D eigenvalue weighted by atomic mass is 9.89. The van der Waals surface area contributed by atoms with Crippen molar-refractivity contribution < 1.29 is 187 Å². The van der Waals surface area contributed by atoms with E-state index in [9.17, 15) is 175 Å². The molecular formula is C33H40F36N2O5S2+2. The summed E-state index contributed by atoms with van der Waals surface area (Å²) in [6.07, 6.45) is -16.8. The molecule has 7 nitrogen and oxygen atoms in total. The van der Waals surface area contributed by atoms with Gasteiger partial charge in [-0.2, -0.15) is 175 Å². The van der Waals surface area contributed by atoms with Crippen molar-refractivity contribution in [2.75, 3.05) is 52.4 Å². The van der Waals surface area contributed by atoms with Gasteiger partial charge in [-0.3, -0.25) is 0 Å². The quantitative estimate of drug-likeness (QED) is 0.0672. The van der Waals surface area contributed by atoms with E-state index in [1.807, 2.05) is 0 Å². The first kappa shape index (κ1) is 79.5. The molecule has 0 aromatic carbocycles. The predicted molar refractivity (Wildman–Crippen MR) is 190 cm³/mol. The average molecular weight is 1290 g/mol. The van der Waals surface area contributed by atoms with Crippen LogP contribution in [0.25, 0.3) is 0 Å². The number of alkyl halides is 36. The summed E-state index contributed by atoms with van der Waals surface area (Å²) in [4.78, 5) is 0. The molecule has 0 aliphatic heterocycles. The Kier molecular flexibility index (Phi) is 23.2. The molecule has 0 aromatic heterocycles. The highest BCUT2D eigenvalue weighted by Gasteiger charge is 2.99. The summed E-state index contributed by atoms with van der Waals surface area (Å²) in [7, 11) is -20.5. The van der Waals surface area contributed by atoms with Gasteiger partial charge in [-0.05, 0) is 55.4 Å². The van der Waals surface area contributed by atoms with E-state index in [4.69, 9.17) is 0 Å². The fraction of sp³-hybridized carbons (Fsp3) is 1.00. The van der Waals surface area contributed by atoms with Crippen LogP contribution in [0.5, 0.6) is 0 Å². The zero-order valence-electron chi connectivity index (χ0n) is 39.5. The first-order chi connectivity index (χ1) is 33.4. The Labute approximate surface area is 415 Å². The maximum absolute atomic E-state index is 14.0. The summed E-state index contributed by atoms with van der Waals surface area (Å²) in [5.41, 5.74) is 0. The van der Waals surface area contributed by atoms with E-state index in [2.05, 4.69) is 55.4 Å². The van der Waals surface area contributed by atoms with Crippen LogP contribution >= 0.6 is 0 Å². The van der Waals surface area contributed by atoms with Crippen LogP contribution in [-0.2, 0) is 23.9 Å². The molecule has 78 heavy (non-hydrogen) atoms. The van der Waals surface area contributed by atoms with Crippen LogP contribution < -0.4 is 0 Å². The number of nitrogens with zero attached hydrogens (tertiary/aromatic N) is 2. The van der Waals surface area contributed by atoms with Crippen LogP contribution in [0.15, 0.2) is 0 Å². The molecule has 0 bridgehead atoms. The van der Waals surface area contributed by atoms with Crippen molar-refractivity contribution in [1.82, 2.24) is 0 Å². The molecule has 0 fully saturated rings. The second-order valence-electron chi connectivity index (χ2n) is 15.7. The molecule has 0 amide bonds. The smallest absolute Gasteiger partial charge is 0.325 e. The number of quaternary nitrogens is 2. The monoisotopic (exact) mass is 1290 g/mol. The van der Waals surface area contributed by atoms with Crippen LogP contribution in [0.1, 0.15) is 55.4 Å². The van der Waals surface area contributed by atoms with Crippen molar-refractivity contribution in [2.45, 2.75) is 155 Å². The Morgan fingerprint density at radius 3 is 0.449 bits per heavy atom. The zero-order valence-corrected chi connectivity index (χ0v) is 41.1. The summed E-state index contributed by atoms with van der Waals surface area (Å²) >= 11 is 0. The average Bonchev–Trinajstić information content (AvgIpc) is 3.26. The molecular weight excluding hydrogens is 1250 g/mol. The third-order valence-electron chi connectivity index (χ3n) is 12.0. The van der Waals surface area contributed by atoms with E-state index < -0.39 is 120 Å². The second kappa shape index (κ2) is 22.8. The highest BCUT2D eigenvalue weighted by molar-refractivity contribution is 8.01. The topological polar surface area (TPSA) is 77.5 Å². The molecule has 45 heteroatoms. The summed E-state index contributed by atoms with van der Waals surface area (Å²) < 4.78 is 527. The number of halogens is 36. The third kappa shape index (κ3) is 11.8. The van der Waals surface area contributed by atoms with Gasteiger partial charge in [0.2, 0.25) is 0 Å². The zero-order chi connectivity index (χ0) is 64.9. The third-order valence-corrected chi connectivity index (χ3v) is 15.2. The van der Waals surface area contributed by atoms with E-state index in [0.29, 0.717) is 0 Å². The van der Waals surface area contributed by atoms with E-state index >= 15 is 0 Å². The molecule has 474 valence electrons. The van der Waals surface area contributed by atoms with Gasteiger partial charge in [0, 0.05) is 0 Å². The Morgan fingerprint density at radius 1 is 0.231 bits per heavy atom. The highest BCUT2D eigenvalue weighted by Crippen LogP contribution is 2.68. The van der Waals surface area contributed by atoms with Crippen molar-refractivity contribution in [3.63, 3.8) is 0 Å². The Balaban J connectivity index is -0.00000263. The number of rotatable bonds is 25. The second-order valence-corrected chi connectivity index (χ2v) is 19.1. The molecule has 0 rings (SSSR count). The van der Waals surface area contributed by atoms with Gasteiger partial charge in [0.15, 0.2) is 0 Å². The predicted octanol–water partition coefficient (Wildman–Crippen LogP) is 14.0. The molecule has 0 saturated heterocycles. The maximum Gasteiger partial charge on any atom is 0.460 e. The lowest BCUT2D eigenvalue weighted by Crippen LogP contribution is -2.76. The standard InChI is InChI=1S/C17F36O5S2.2C8H20N/c18-1(19,2(20,21)6(28,29)10(36,37)14(44,45)46)4(24,25)8(32,33)12(40,41)16(50,51)59(54,55)58-60(56,57)17(52,53)13(42,43)9(34,35)5(26,27)3(22,23)7(30,31)11(38,39)15(47,48)49;2*1-5-9(6-2,7-3)8-4/h;2*5-8H2,1-4H3/q;2*+1. The molecule has 0 heterocycles. The first-order valence-corrected chi connectivity index (χ1v) is 23.0. The molecule has 0 N–H and O–H groups in total. The molecule has 0 saturated carbocycles. The van der Waals surface area contributed by atoms with Gasteiger partial charge in [0.1, 0.15) is 0 Å². The minimum atomic E-state index is -10.3. The molecule has 0 aliphatic carbocycles. The van der Waals surface area contributed by atoms with Crippen LogP contribution in [0.2, 0.25) is 0 Å². The lowest BCUT2D eigenvalue weighted by molar-refractivity contribution is -0.921. The highest BCUT2D eigenvalue weighted by atomic mass is 32.3. The van der Waals surface area contributed by atoms with Gasteiger partial charge >= 0.3 is 120 Å². The number of hydrogen-bond acceptors (Lipinski definition) is 5. The molecule has 0 spiro atoms. The van der Waals surface area contributed by atoms with Gasteiger partial charge in [-0.15, -0.1) is 3.63 Å². The summed E-state index contributed by atoms with van der Waals surface area (Å²) in [6, 6.07) is 0. The van der Waals surface area contributed by atoms with Crippen molar-refractivity contribution in [3.05, 3.63) is 0 Å². The van der Waals surface area contributed by atoms with Crippen LogP contribution in [0.4, 0.5) is 158 Å². The van der Waals surface area contributed by atoms with Crippen molar-refractivity contribution >= 4 is 20.2 Å². The molecule has 0 atom stereocenters.